The maximum Gasteiger partial charge on any atom is 0.310 e. The lowest BCUT2D eigenvalue weighted by atomic mass is 10.1. The van der Waals surface area contributed by atoms with Crippen molar-refractivity contribution < 1.29 is 19.2 Å². The number of rotatable bonds is 6. The number of carbonyl (C=O) groups excluding carboxylic acids is 2. The van der Waals surface area contributed by atoms with Crippen molar-refractivity contribution in [3.05, 3.63) is 70.4 Å². The van der Waals surface area contributed by atoms with Crippen LogP contribution in [0.15, 0.2) is 54.7 Å². The topological polar surface area (TPSA) is 114 Å². The summed E-state index contributed by atoms with van der Waals surface area (Å²) in [4.78, 5) is 37.2. The van der Waals surface area contributed by atoms with Crippen LogP contribution in [-0.2, 0) is 20.7 Å². The van der Waals surface area contributed by atoms with E-state index in [0.29, 0.717) is 0 Å². The molecule has 1 amide bonds. The number of carbonyl (C=O) groups is 2. The fraction of sp³-hybridized carbons (Fsp3) is 0.111. The van der Waals surface area contributed by atoms with E-state index in [1.54, 1.807) is 12.3 Å². The molecule has 0 aliphatic heterocycles. The fourth-order valence-electron chi connectivity index (χ4n) is 2.56. The van der Waals surface area contributed by atoms with Crippen LogP contribution in [-0.4, -0.2) is 28.4 Å². The molecule has 1 aromatic heterocycles. The van der Waals surface area contributed by atoms with Crippen molar-refractivity contribution in [2.75, 3.05) is 11.9 Å². The number of benzene rings is 2. The third-order valence-corrected chi connectivity index (χ3v) is 3.75. The highest BCUT2D eigenvalue weighted by Gasteiger charge is 2.16. The molecule has 3 aromatic rings. The molecule has 3 rings (SSSR count). The molecule has 0 spiro atoms. The standard InChI is InChI=1S/C18H15N3O5/c22-17(20-15-7-3-4-8-16(15)21(24)25)11-26-18(23)9-12-10-19-14-6-2-1-5-13(12)14/h1-8,10,19H,9,11H2,(H,20,22). The van der Waals surface area contributed by atoms with E-state index in [4.69, 9.17) is 4.74 Å². The summed E-state index contributed by atoms with van der Waals surface area (Å²) in [5.41, 5.74) is 1.50. The van der Waals surface area contributed by atoms with Gasteiger partial charge in [0.1, 0.15) is 5.69 Å². The van der Waals surface area contributed by atoms with Crippen LogP contribution in [0.25, 0.3) is 10.9 Å². The molecule has 2 aromatic carbocycles. The zero-order chi connectivity index (χ0) is 18.5. The van der Waals surface area contributed by atoms with Crippen LogP contribution in [0.1, 0.15) is 5.56 Å². The predicted molar refractivity (Wildman–Crippen MR) is 94.7 cm³/mol. The Labute approximate surface area is 147 Å². The van der Waals surface area contributed by atoms with Crippen molar-refractivity contribution in [2.24, 2.45) is 0 Å². The molecule has 132 valence electrons. The van der Waals surface area contributed by atoms with Crippen molar-refractivity contribution in [2.45, 2.75) is 6.42 Å². The van der Waals surface area contributed by atoms with Gasteiger partial charge in [0, 0.05) is 23.2 Å². The molecule has 8 heteroatoms. The van der Waals surface area contributed by atoms with Gasteiger partial charge in [0.2, 0.25) is 0 Å². The molecule has 8 nitrogen and oxygen atoms in total. The molecular weight excluding hydrogens is 338 g/mol. The Morgan fingerprint density at radius 3 is 2.65 bits per heavy atom. The number of ether oxygens (including phenoxy) is 1. The van der Waals surface area contributed by atoms with Crippen LogP contribution in [0, 0.1) is 10.1 Å². The highest BCUT2D eigenvalue weighted by Crippen LogP contribution is 2.23. The number of amides is 1. The van der Waals surface area contributed by atoms with Crippen LogP contribution < -0.4 is 5.32 Å². The summed E-state index contributed by atoms with van der Waals surface area (Å²) in [6, 6.07) is 13.3. The minimum Gasteiger partial charge on any atom is -0.455 e. The van der Waals surface area contributed by atoms with Gasteiger partial charge in [-0.15, -0.1) is 0 Å². The molecule has 0 atom stereocenters. The Bertz CT molecular complexity index is 980. The monoisotopic (exact) mass is 353 g/mol. The minimum atomic E-state index is -0.647. The zero-order valence-electron chi connectivity index (χ0n) is 13.6. The molecule has 0 radical (unpaired) electrons. The number of nitrogens with zero attached hydrogens (tertiary/aromatic N) is 1. The zero-order valence-corrected chi connectivity index (χ0v) is 13.6. The summed E-state index contributed by atoms with van der Waals surface area (Å²) >= 11 is 0. The van der Waals surface area contributed by atoms with Gasteiger partial charge in [-0.2, -0.15) is 0 Å². The number of anilines is 1. The van der Waals surface area contributed by atoms with Gasteiger partial charge in [-0.3, -0.25) is 19.7 Å². The number of nitrogens with one attached hydrogen (secondary N) is 2. The Morgan fingerprint density at radius 2 is 1.85 bits per heavy atom. The molecule has 0 fully saturated rings. The van der Waals surface area contributed by atoms with Gasteiger partial charge in [-0.05, 0) is 17.7 Å². The molecule has 1 heterocycles. The van der Waals surface area contributed by atoms with Crippen LogP contribution in [0.4, 0.5) is 11.4 Å². The summed E-state index contributed by atoms with van der Waals surface area (Å²) in [5.74, 6) is -1.21. The van der Waals surface area contributed by atoms with Crippen molar-refractivity contribution in [3.63, 3.8) is 0 Å². The Morgan fingerprint density at radius 1 is 1.12 bits per heavy atom. The second-order valence-corrected chi connectivity index (χ2v) is 5.52. The number of aromatic amines is 1. The lowest BCUT2D eigenvalue weighted by Gasteiger charge is -2.07. The maximum absolute atomic E-state index is 12.0. The Kier molecular flexibility index (Phi) is 4.93. The number of hydrogen-bond acceptors (Lipinski definition) is 5. The van der Waals surface area contributed by atoms with Crippen LogP contribution in [0.2, 0.25) is 0 Å². The van der Waals surface area contributed by atoms with Crippen LogP contribution in [0.3, 0.4) is 0 Å². The number of H-pyrrole nitrogens is 1. The molecule has 0 aliphatic carbocycles. The van der Waals surface area contributed by atoms with Gasteiger partial charge in [0.15, 0.2) is 6.61 Å². The van der Waals surface area contributed by atoms with E-state index in [-0.39, 0.29) is 17.8 Å². The number of fused-ring (bicyclic) bond motifs is 1. The number of para-hydroxylation sites is 3. The summed E-state index contributed by atoms with van der Waals surface area (Å²) in [6.07, 6.45) is 1.74. The van der Waals surface area contributed by atoms with Gasteiger partial charge >= 0.3 is 5.97 Å². The highest BCUT2D eigenvalue weighted by molar-refractivity contribution is 5.95. The van der Waals surface area contributed by atoms with Crippen molar-refractivity contribution in [1.29, 1.82) is 0 Å². The van der Waals surface area contributed by atoms with Gasteiger partial charge in [-0.1, -0.05) is 30.3 Å². The fourth-order valence-corrected chi connectivity index (χ4v) is 2.56. The first-order valence-electron chi connectivity index (χ1n) is 7.78. The Hall–Kier alpha value is -3.68. The number of hydrogen-bond donors (Lipinski definition) is 2. The normalized spacial score (nSPS) is 10.5. The maximum atomic E-state index is 12.0. The lowest BCUT2D eigenvalue weighted by molar-refractivity contribution is -0.383. The predicted octanol–water partition coefficient (Wildman–Crippen LogP) is 2.80. The average molecular weight is 353 g/mol. The smallest absolute Gasteiger partial charge is 0.310 e. The second kappa shape index (κ2) is 7.47. The van der Waals surface area contributed by atoms with Gasteiger partial charge in [0.05, 0.1) is 11.3 Å². The van der Waals surface area contributed by atoms with Gasteiger partial charge in [0.25, 0.3) is 11.6 Å². The van der Waals surface area contributed by atoms with Crippen molar-refractivity contribution in [1.82, 2.24) is 4.98 Å². The van der Waals surface area contributed by atoms with E-state index >= 15 is 0 Å². The first-order valence-corrected chi connectivity index (χ1v) is 7.78. The largest absolute Gasteiger partial charge is 0.455 e. The molecule has 0 unspecified atom stereocenters. The first kappa shape index (κ1) is 17.2. The molecule has 0 aliphatic rings. The van der Waals surface area contributed by atoms with Crippen LogP contribution in [0.5, 0.6) is 0 Å². The number of nitro benzene ring substituents is 1. The highest BCUT2D eigenvalue weighted by atomic mass is 16.6. The third kappa shape index (κ3) is 3.86. The van der Waals surface area contributed by atoms with Crippen molar-refractivity contribution >= 4 is 34.2 Å². The van der Waals surface area contributed by atoms with E-state index in [2.05, 4.69) is 10.3 Å². The average Bonchev–Trinajstić information content (AvgIpc) is 3.03. The second-order valence-electron chi connectivity index (χ2n) is 5.52. The summed E-state index contributed by atoms with van der Waals surface area (Å²) in [6.45, 7) is -0.521. The SMILES string of the molecule is O=C(COC(=O)Cc1c[nH]c2ccccc12)Nc1ccccc1[N+](=O)[O-]. The van der Waals surface area contributed by atoms with Gasteiger partial charge in [-0.25, -0.2) is 0 Å². The van der Waals surface area contributed by atoms with E-state index in [0.717, 1.165) is 16.5 Å². The number of esters is 1. The van der Waals surface area contributed by atoms with E-state index in [9.17, 15) is 19.7 Å². The van der Waals surface area contributed by atoms with E-state index in [1.165, 1.54) is 18.2 Å². The minimum absolute atomic E-state index is 0.0166. The summed E-state index contributed by atoms with van der Waals surface area (Å²) in [7, 11) is 0. The van der Waals surface area contributed by atoms with Gasteiger partial charge < -0.3 is 15.0 Å². The van der Waals surface area contributed by atoms with Crippen LogP contribution >= 0.6 is 0 Å². The summed E-state index contributed by atoms with van der Waals surface area (Å²) in [5, 5.41) is 14.2. The van der Waals surface area contributed by atoms with E-state index < -0.39 is 23.4 Å². The third-order valence-electron chi connectivity index (χ3n) is 3.75. The Balaban J connectivity index is 1.56. The molecular formula is C18H15N3O5. The lowest BCUT2D eigenvalue weighted by Crippen LogP contribution is -2.22. The summed E-state index contributed by atoms with van der Waals surface area (Å²) < 4.78 is 4.96. The first-order chi connectivity index (χ1) is 12.5. The molecule has 0 bridgehead atoms. The molecule has 0 saturated heterocycles. The quantitative estimate of drug-likeness (QED) is 0.402. The number of nitro groups is 1. The molecule has 26 heavy (non-hydrogen) atoms. The van der Waals surface area contributed by atoms with E-state index in [1.807, 2.05) is 24.3 Å². The molecule has 0 saturated carbocycles. The van der Waals surface area contributed by atoms with Crippen molar-refractivity contribution in [3.8, 4) is 0 Å². The molecule has 2 N–H and O–H groups in total. The number of aromatic nitrogens is 1.